The first-order valence-corrected chi connectivity index (χ1v) is 7.96. The van der Waals surface area contributed by atoms with Gasteiger partial charge < -0.3 is 5.32 Å². The van der Waals surface area contributed by atoms with Crippen molar-refractivity contribution < 1.29 is 13.2 Å². The SMILES string of the molecule is CCC(C)(C)NC(=O)CCNS(=O)(=O)c1cccnc1. The highest BCUT2D eigenvalue weighted by atomic mass is 32.2. The van der Waals surface area contributed by atoms with E-state index < -0.39 is 10.0 Å². The zero-order chi connectivity index (χ0) is 15.2. The largest absolute Gasteiger partial charge is 0.351 e. The van der Waals surface area contributed by atoms with Crippen molar-refractivity contribution in [2.24, 2.45) is 0 Å². The molecule has 20 heavy (non-hydrogen) atoms. The minimum atomic E-state index is -3.60. The molecular weight excluding hydrogens is 278 g/mol. The van der Waals surface area contributed by atoms with E-state index in [4.69, 9.17) is 0 Å². The van der Waals surface area contributed by atoms with Crippen molar-refractivity contribution in [1.29, 1.82) is 0 Å². The Bertz CT molecular complexity index is 541. The topological polar surface area (TPSA) is 88.2 Å². The first kappa shape index (κ1) is 16.6. The van der Waals surface area contributed by atoms with Gasteiger partial charge in [-0.1, -0.05) is 6.92 Å². The molecule has 0 radical (unpaired) electrons. The maximum absolute atomic E-state index is 11.9. The van der Waals surface area contributed by atoms with Crippen LogP contribution in [-0.2, 0) is 14.8 Å². The Kier molecular flexibility index (Phi) is 5.64. The normalized spacial score (nSPS) is 12.2. The van der Waals surface area contributed by atoms with Gasteiger partial charge in [0.25, 0.3) is 0 Å². The number of aromatic nitrogens is 1. The molecule has 0 saturated carbocycles. The molecule has 2 N–H and O–H groups in total. The third-order valence-corrected chi connectivity index (χ3v) is 4.40. The Labute approximate surface area is 120 Å². The van der Waals surface area contributed by atoms with Crippen LogP contribution in [0.4, 0.5) is 0 Å². The molecule has 0 spiro atoms. The van der Waals surface area contributed by atoms with E-state index in [0.717, 1.165) is 6.42 Å². The smallest absolute Gasteiger partial charge is 0.242 e. The summed E-state index contributed by atoms with van der Waals surface area (Å²) in [6.07, 6.45) is 3.67. The molecule has 1 heterocycles. The molecule has 0 fully saturated rings. The van der Waals surface area contributed by atoms with E-state index in [0.29, 0.717) is 0 Å². The first-order valence-electron chi connectivity index (χ1n) is 6.47. The molecule has 1 rings (SSSR count). The standard InChI is InChI=1S/C13H21N3O3S/c1-4-13(2,3)16-12(17)7-9-15-20(18,19)11-6-5-8-14-10-11/h5-6,8,10,15H,4,7,9H2,1-3H3,(H,16,17). The van der Waals surface area contributed by atoms with Crippen LogP contribution in [0, 0.1) is 0 Å². The van der Waals surface area contributed by atoms with Gasteiger partial charge in [0.15, 0.2) is 0 Å². The van der Waals surface area contributed by atoms with Crippen molar-refractivity contribution in [3.63, 3.8) is 0 Å². The predicted molar refractivity (Wildman–Crippen MR) is 76.6 cm³/mol. The van der Waals surface area contributed by atoms with Gasteiger partial charge in [-0.2, -0.15) is 0 Å². The van der Waals surface area contributed by atoms with Gasteiger partial charge in [0.1, 0.15) is 4.90 Å². The molecule has 112 valence electrons. The van der Waals surface area contributed by atoms with E-state index >= 15 is 0 Å². The first-order chi connectivity index (χ1) is 9.27. The zero-order valence-corrected chi connectivity index (χ0v) is 12.8. The van der Waals surface area contributed by atoms with Crippen LogP contribution in [0.5, 0.6) is 0 Å². The second-order valence-corrected chi connectivity index (χ2v) is 6.89. The lowest BCUT2D eigenvalue weighted by Crippen LogP contribution is -2.43. The Balaban J connectivity index is 2.47. The molecule has 1 aromatic rings. The van der Waals surface area contributed by atoms with Gasteiger partial charge in [0.05, 0.1) is 0 Å². The number of hydrogen-bond acceptors (Lipinski definition) is 4. The number of amides is 1. The summed E-state index contributed by atoms with van der Waals surface area (Å²) >= 11 is 0. The minimum absolute atomic E-state index is 0.0584. The second kappa shape index (κ2) is 6.81. The number of nitrogens with one attached hydrogen (secondary N) is 2. The molecule has 6 nitrogen and oxygen atoms in total. The molecule has 1 aromatic heterocycles. The molecule has 0 aliphatic heterocycles. The molecule has 0 atom stereocenters. The average Bonchev–Trinajstić information content (AvgIpc) is 2.39. The predicted octanol–water partition coefficient (Wildman–Crippen LogP) is 1.05. The van der Waals surface area contributed by atoms with Gasteiger partial charge in [0.2, 0.25) is 15.9 Å². The Morgan fingerprint density at radius 3 is 2.65 bits per heavy atom. The van der Waals surface area contributed by atoms with Gasteiger partial charge in [-0.3, -0.25) is 9.78 Å². The average molecular weight is 299 g/mol. The number of pyridine rings is 1. The van der Waals surface area contributed by atoms with Crippen molar-refractivity contribution in [3.8, 4) is 0 Å². The van der Waals surface area contributed by atoms with Gasteiger partial charge in [-0.05, 0) is 32.4 Å². The maximum atomic E-state index is 11.9. The Morgan fingerprint density at radius 1 is 1.40 bits per heavy atom. The van der Waals surface area contributed by atoms with Gasteiger partial charge >= 0.3 is 0 Å². The maximum Gasteiger partial charge on any atom is 0.242 e. The Morgan fingerprint density at radius 2 is 2.10 bits per heavy atom. The fourth-order valence-corrected chi connectivity index (χ4v) is 2.41. The fraction of sp³-hybridized carbons (Fsp3) is 0.538. The van der Waals surface area contributed by atoms with Crippen molar-refractivity contribution in [3.05, 3.63) is 24.5 Å². The number of sulfonamides is 1. The van der Waals surface area contributed by atoms with E-state index in [1.54, 1.807) is 6.07 Å². The third-order valence-electron chi connectivity index (χ3n) is 2.95. The fourth-order valence-electron chi connectivity index (χ4n) is 1.42. The summed E-state index contributed by atoms with van der Waals surface area (Å²) < 4.78 is 26.1. The summed E-state index contributed by atoms with van der Waals surface area (Å²) in [5, 5.41) is 2.85. The number of carbonyl (C=O) groups excluding carboxylic acids is 1. The highest BCUT2D eigenvalue weighted by molar-refractivity contribution is 7.89. The van der Waals surface area contributed by atoms with Crippen LogP contribution in [-0.4, -0.2) is 31.4 Å². The van der Waals surface area contributed by atoms with Crippen LogP contribution in [0.2, 0.25) is 0 Å². The minimum Gasteiger partial charge on any atom is -0.351 e. The third kappa shape index (κ3) is 5.26. The number of carbonyl (C=O) groups is 1. The molecule has 0 unspecified atom stereocenters. The van der Waals surface area contributed by atoms with Crippen LogP contribution in [0.3, 0.4) is 0 Å². The summed E-state index contributed by atoms with van der Waals surface area (Å²) in [6, 6.07) is 3.00. The lowest BCUT2D eigenvalue weighted by atomic mass is 10.0. The van der Waals surface area contributed by atoms with E-state index in [2.05, 4.69) is 15.0 Å². The highest BCUT2D eigenvalue weighted by Gasteiger charge is 2.18. The molecule has 0 aliphatic rings. The summed E-state index contributed by atoms with van der Waals surface area (Å²) in [4.78, 5) is 15.5. The molecule has 0 aliphatic carbocycles. The number of rotatable bonds is 7. The molecular formula is C13H21N3O3S. The van der Waals surface area contributed by atoms with E-state index in [9.17, 15) is 13.2 Å². The van der Waals surface area contributed by atoms with Gasteiger partial charge in [-0.25, -0.2) is 13.1 Å². The van der Waals surface area contributed by atoms with Crippen LogP contribution in [0.15, 0.2) is 29.4 Å². The molecule has 0 saturated heterocycles. The Hall–Kier alpha value is -1.47. The highest BCUT2D eigenvalue weighted by Crippen LogP contribution is 2.07. The number of nitrogens with zero attached hydrogens (tertiary/aromatic N) is 1. The second-order valence-electron chi connectivity index (χ2n) is 5.12. The number of hydrogen-bond donors (Lipinski definition) is 2. The van der Waals surface area contributed by atoms with Crippen LogP contribution < -0.4 is 10.0 Å². The van der Waals surface area contributed by atoms with E-state index in [1.165, 1.54) is 18.5 Å². The van der Waals surface area contributed by atoms with Crippen molar-refractivity contribution in [2.75, 3.05) is 6.54 Å². The summed E-state index contributed by atoms with van der Waals surface area (Å²) in [7, 11) is -3.60. The van der Waals surface area contributed by atoms with Crippen molar-refractivity contribution in [1.82, 2.24) is 15.0 Å². The van der Waals surface area contributed by atoms with Gasteiger partial charge in [0, 0.05) is 30.9 Å². The lowest BCUT2D eigenvalue weighted by molar-refractivity contribution is -0.122. The quantitative estimate of drug-likeness (QED) is 0.788. The summed E-state index contributed by atoms with van der Waals surface area (Å²) in [5.74, 6) is -0.175. The van der Waals surface area contributed by atoms with E-state index in [-0.39, 0.29) is 29.3 Å². The molecule has 1 amide bonds. The molecule has 0 aromatic carbocycles. The molecule has 0 bridgehead atoms. The van der Waals surface area contributed by atoms with Crippen LogP contribution in [0.25, 0.3) is 0 Å². The van der Waals surface area contributed by atoms with Crippen molar-refractivity contribution in [2.45, 2.75) is 44.0 Å². The summed E-state index contributed by atoms with van der Waals surface area (Å²) in [5.41, 5.74) is -0.278. The van der Waals surface area contributed by atoms with Crippen LogP contribution >= 0.6 is 0 Å². The monoisotopic (exact) mass is 299 g/mol. The lowest BCUT2D eigenvalue weighted by Gasteiger charge is -2.24. The zero-order valence-electron chi connectivity index (χ0n) is 12.0. The van der Waals surface area contributed by atoms with Gasteiger partial charge in [-0.15, -0.1) is 0 Å². The van der Waals surface area contributed by atoms with E-state index in [1.807, 2.05) is 20.8 Å². The van der Waals surface area contributed by atoms with Crippen LogP contribution in [0.1, 0.15) is 33.6 Å². The van der Waals surface area contributed by atoms with Crippen molar-refractivity contribution >= 4 is 15.9 Å². The molecule has 7 heteroatoms. The summed E-state index contributed by atoms with van der Waals surface area (Å²) in [6.45, 7) is 5.88.